The molecule has 1 heterocycles. The average molecular weight is 177 g/mol. The molecule has 1 saturated heterocycles. The predicted molar refractivity (Wildman–Crippen MR) is 50.2 cm³/mol. The molecule has 1 N–H and O–H groups in total. The van der Waals surface area contributed by atoms with Gasteiger partial charge in [0, 0.05) is 18.8 Å². The fraction of sp³-hybridized carbons (Fsp3) is 0.300. The monoisotopic (exact) mass is 177 g/mol. The summed E-state index contributed by atoms with van der Waals surface area (Å²) >= 11 is 0. The van der Waals surface area contributed by atoms with Crippen LogP contribution in [0.1, 0.15) is 16.8 Å². The zero-order valence-electron chi connectivity index (χ0n) is 7.23. The Kier molecular flexibility index (Phi) is 1.93. The summed E-state index contributed by atoms with van der Waals surface area (Å²) in [7, 11) is 0. The van der Waals surface area contributed by atoms with Gasteiger partial charge in [0.25, 0.3) is 0 Å². The number of aromatic carboxylic acids is 1. The molecule has 3 nitrogen and oxygen atoms in total. The number of benzene rings is 1. The van der Waals surface area contributed by atoms with Crippen molar-refractivity contribution in [2.24, 2.45) is 0 Å². The molecule has 0 aliphatic carbocycles. The predicted octanol–water partition coefficient (Wildman–Crippen LogP) is 1.59. The zero-order chi connectivity index (χ0) is 9.26. The number of carboxylic acid groups (broad SMARTS) is 1. The molecule has 0 atom stereocenters. The number of rotatable bonds is 2. The largest absolute Gasteiger partial charge is 0.478 e. The molecule has 13 heavy (non-hydrogen) atoms. The minimum Gasteiger partial charge on any atom is -0.478 e. The van der Waals surface area contributed by atoms with E-state index >= 15 is 0 Å². The molecule has 0 radical (unpaired) electrons. The second kappa shape index (κ2) is 3.09. The van der Waals surface area contributed by atoms with Crippen LogP contribution >= 0.6 is 0 Å². The Labute approximate surface area is 76.6 Å². The smallest absolute Gasteiger partial charge is 0.335 e. The van der Waals surface area contributed by atoms with Crippen LogP contribution in [0.4, 0.5) is 5.69 Å². The molecule has 0 amide bonds. The van der Waals surface area contributed by atoms with Crippen molar-refractivity contribution in [2.45, 2.75) is 6.42 Å². The van der Waals surface area contributed by atoms with Gasteiger partial charge in [-0.2, -0.15) is 0 Å². The first-order valence-electron chi connectivity index (χ1n) is 4.36. The molecule has 0 unspecified atom stereocenters. The normalized spacial score (nSPS) is 15.2. The fourth-order valence-electron chi connectivity index (χ4n) is 1.39. The van der Waals surface area contributed by atoms with Crippen LogP contribution in [-0.4, -0.2) is 24.2 Å². The summed E-state index contributed by atoms with van der Waals surface area (Å²) in [5.41, 5.74) is 1.47. The second-order valence-electron chi connectivity index (χ2n) is 3.19. The minimum atomic E-state index is -0.866. The summed E-state index contributed by atoms with van der Waals surface area (Å²) in [6, 6.07) is 7.02. The van der Waals surface area contributed by atoms with Crippen molar-refractivity contribution in [3.05, 3.63) is 29.8 Å². The molecular formula is C10H11NO2. The van der Waals surface area contributed by atoms with Gasteiger partial charge in [0.1, 0.15) is 0 Å². The van der Waals surface area contributed by atoms with Crippen molar-refractivity contribution < 1.29 is 9.90 Å². The molecule has 68 valence electrons. The quantitative estimate of drug-likeness (QED) is 0.745. The van der Waals surface area contributed by atoms with E-state index in [1.807, 2.05) is 12.1 Å². The Morgan fingerprint density at radius 2 is 1.85 bits per heavy atom. The van der Waals surface area contributed by atoms with E-state index in [1.165, 1.54) is 6.42 Å². The first kappa shape index (κ1) is 8.10. The summed E-state index contributed by atoms with van der Waals surface area (Å²) in [6.45, 7) is 2.18. The number of hydrogen-bond acceptors (Lipinski definition) is 2. The Morgan fingerprint density at radius 1 is 1.23 bits per heavy atom. The van der Waals surface area contributed by atoms with E-state index in [2.05, 4.69) is 4.90 Å². The Balaban J connectivity index is 2.17. The number of nitrogens with zero attached hydrogens (tertiary/aromatic N) is 1. The molecule has 1 fully saturated rings. The number of carbonyl (C=O) groups is 1. The lowest BCUT2D eigenvalue weighted by Gasteiger charge is -2.33. The molecule has 1 aliphatic heterocycles. The molecule has 1 aromatic carbocycles. The maximum atomic E-state index is 10.6. The van der Waals surface area contributed by atoms with Crippen molar-refractivity contribution in [3.8, 4) is 0 Å². The third kappa shape index (κ3) is 1.49. The first-order valence-corrected chi connectivity index (χ1v) is 4.36. The van der Waals surface area contributed by atoms with Crippen molar-refractivity contribution in [3.63, 3.8) is 0 Å². The molecule has 0 saturated carbocycles. The molecule has 0 bridgehead atoms. The van der Waals surface area contributed by atoms with E-state index < -0.39 is 5.97 Å². The molecule has 0 aromatic heterocycles. The maximum Gasteiger partial charge on any atom is 0.335 e. The summed E-state index contributed by atoms with van der Waals surface area (Å²) in [4.78, 5) is 12.8. The summed E-state index contributed by atoms with van der Waals surface area (Å²) in [5.74, 6) is -0.866. The molecule has 1 aromatic rings. The molecule has 0 spiro atoms. The van der Waals surface area contributed by atoms with Crippen molar-refractivity contribution in [1.82, 2.24) is 0 Å². The first-order chi connectivity index (χ1) is 6.27. The van der Waals surface area contributed by atoms with Crippen LogP contribution in [0.25, 0.3) is 0 Å². The molecular weight excluding hydrogens is 166 g/mol. The number of anilines is 1. The second-order valence-corrected chi connectivity index (χ2v) is 3.19. The van der Waals surface area contributed by atoms with Crippen molar-refractivity contribution in [1.29, 1.82) is 0 Å². The lowest BCUT2D eigenvalue weighted by Crippen LogP contribution is -2.36. The van der Waals surface area contributed by atoms with Crippen LogP contribution in [0.2, 0.25) is 0 Å². The van der Waals surface area contributed by atoms with E-state index in [0.29, 0.717) is 5.56 Å². The Bertz CT molecular complexity index is 314. The highest BCUT2D eigenvalue weighted by Crippen LogP contribution is 2.20. The van der Waals surface area contributed by atoms with Crippen LogP contribution in [0.15, 0.2) is 24.3 Å². The molecule has 1 aliphatic rings. The van der Waals surface area contributed by atoms with Crippen LogP contribution in [-0.2, 0) is 0 Å². The highest BCUT2D eigenvalue weighted by atomic mass is 16.4. The van der Waals surface area contributed by atoms with Gasteiger partial charge in [0.15, 0.2) is 0 Å². The SMILES string of the molecule is O=C(O)c1ccc(N2CCC2)cc1. The van der Waals surface area contributed by atoms with Gasteiger partial charge in [-0.3, -0.25) is 0 Å². The van der Waals surface area contributed by atoms with Crippen LogP contribution in [0, 0.1) is 0 Å². The standard InChI is InChI=1S/C10H11NO2/c12-10(13)8-2-4-9(5-3-8)11-6-1-7-11/h2-5H,1,6-7H2,(H,12,13). The zero-order valence-corrected chi connectivity index (χ0v) is 7.23. The summed E-state index contributed by atoms with van der Waals surface area (Å²) < 4.78 is 0. The van der Waals surface area contributed by atoms with E-state index in [4.69, 9.17) is 5.11 Å². The van der Waals surface area contributed by atoms with Gasteiger partial charge < -0.3 is 10.0 Å². The third-order valence-corrected chi connectivity index (χ3v) is 2.34. The van der Waals surface area contributed by atoms with Crippen molar-refractivity contribution in [2.75, 3.05) is 18.0 Å². The minimum absolute atomic E-state index is 0.351. The van der Waals surface area contributed by atoms with Gasteiger partial charge >= 0.3 is 5.97 Å². The fourth-order valence-corrected chi connectivity index (χ4v) is 1.39. The topological polar surface area (TPSA) is 40.5 Å². The van der Waals surface area contributed by atoms with E-state index in [1.54, 1.807) is 12.1 Å². The summed E-state index contributed by atoms with van der Waals surface area (Å²) in [5, 5.41) is 8.67. The van der Waals surface area contributed by atoms with Gasteiger partial charge in [-0.05, 0) is 30.7 Å². The van der Waals surface area contributed by atoms with Crippen LogP contribution in [0.5, 0.6) is 0 Å². The number of carboxylic acids is 1. The van der Waals surface area contributed by atoms with E-state index in [-0.39, 0.29) is 0 Å². The highest BCUT2D eigenvalue weighted by Gasteiger charge is 2.14. The van der Waals surface area contributed by atoms with Gasteiger partial charge in [0.05, 0.1) is 5.56 Å². The maximum absolute atomic E-state index is 10.6. The Hall–Kier alpha value is -1.51. The molecule has 2 rings (SSSR count). The van der Waals surface area contributed by atoms with Crippen molar-refractivity contribution >= 4 is 11.7 Å². The van der Waals surface area contributed by atoms with Crippen LogP contribution < -0.4 is 4.90 Å². The van der Waals surface area contributed by atoms with E-state index in [9.17, 15) is 4.79 Å². The lowest BCUT2D eigenvalue weighted by atomic mass is 10.1. The van der Waals surface area contributed by atoms with Gasteiger partial charge in [-0.15, -0.1) is 0 Å². The van der Waals surface area contributed by atoms with Gasteiger partial charge in [0.2, 0.25) is 0 Å². The molecule has 3 heteroatoms. The lowest BCUT2D eigenvalue weighted by molar-refractivity contribution is 0.0697. The third-order valence-electron chi connectivity index (χ3n) is 2.34. The van der Waals surface area contributed by atoms with Gasteiger partial charge in [-0.1, -0.05) is 0 Å². The average Bonchev–Trinajstić information content (AvgIpc) is 2.02. The van der Waals surface area contributed by atoms with Crippen LogP contribution in [0.3, 0.4) is 0 Å². The summed E-state index contributed by atoms with van der Waals surface area (Å²) in [6.07, 6.45) is 1.24. The van der Waals surface area contributed by atoms with E-state index in [0.717, 1.165) is 18.8 Å². The van der Waals surface area contributed by atoms with Gasteiger partial charge in [-0.25, -0.2) is 4.79 Å². The number of hydrogen-bond donors (Lipinski definition) is 1. The highest BCUT2D eigenvalue weighted by molar-refractivity contribution is 5.88. The Morgan fingerprint density at radius 3 is 2.23 bits per heavy atom.